The molecule has 0 amide bonds. The van der Waals surface area contributed by atoms with Gasteiger partial charge in [0.2, 0.25) is 0 Å². The molecule has 0 fully saturated rings. The summed E-state index contributed by atoms with van der Waals surface area (Å²) < 4.78 is 5.11. The Balaban J connectivity index is 3.03. The number of hydrogen-bond donors (Lipinski definition) is 2. The molecule has 100 valence electrons. The van der Waals surface area contributed by atoms with Crippen molar-refractivity contribution in [1.82, 2.24) is 4.98 Å². The van der Waals surface area contributed by atoms with Crippen molar-refractivity contribution in [3.05, 3.63) is 17.8 Å². The van der Waals surface area contributed by atoms with Gasteiger partial charge in [-0.25, -0.2) is 9.78 Å². The highest BCUT2D eigenvalue weighted by Gasteiger charge is 2.17. The van der Waals surface area contributed by atoms with Crippen LogP contribution < -0.4 is 10.6 Å². The smallest absolute Gasteiger partial charge is 0.337 e. The number of anilines is 2. The second-order valence-corrected chi connectivity index (χ2v) is 4.03. The number of carboxylic acids is 1. The van der Waals surface area contributed by atoms with Gasteiger partial charge in [-0.3, -0.25) is 0 Å². The normalized spacial score (nSPS) is 12.2. The summed E-state index contributed by atoms with van der Waals surface area (Å²) in [5.74, 6) is -0.444. The molecule has 0 aliphatic heterocycles. The number of methoxy groups -OCH3 is 1. The number of aromatic carboxylic acids is 1. The topological polar surface area (TPSA) is 88.7 Å². The molecule has 1 unspecified atom stereocenters. The minimum atomic E-state index is -1.03. The van der Waals surface area contributed by atoms with Crippen LogP contribution in [-0.4, -0.2) is 42.4 Å². The lowest BCUT2D eigenvalue weighted by atomic mass is 10.2. The lowest BCUT2D eigenvalue weighted by molar-refractivity contribution is 0.0696. The summed E-state index contributed by atoms with van der Waals surface area (Å²) in [5.41, 5.74) is 6.31. The van der Waals surface area contributed by atoms with E-state index in [0.29, 0.717) is 24.7 Å². The van der Waals surface area contributed by atoms with E-state index in [2.05, 4.69) is 4.98 Å². The van der Waals surface area contributed by atoms with Gasteiger partial charge in [0.25, 0.3) is 0 Å². The van der Waals surface area contributed by atoms with E-state index in [9.17, 15) is 4.79 Å². The zero-order chi connectivity index (χ0) is 13.7. The molecular weight excluding hydrogens is 234 g/mol. The number of carboxylic acid groups (broad SMARTS) is 1. The van der Waals surface area contributed by atoms with Gasteiger partial charge in [-0.1, -0.05) is 0 Å². The van der Waals surface area contributed by atoms with Gasteiger partial charge in [-0.15, -0.1) is 0 Å². The Bertz CT molecular complexity index is 423. The average Bonchev–Trinajstić information content (AvgIpc) is 2.32. The molecule has 0 saturated carbocycles. The van der Waals surface area contributed by atoms with Gasteiger partial charge in [0.1, 0.15) is 0 Å². The maximum atomic E-state index is 10.8. The first kappa shape index (κ1) is 14.2. The van der Waals surface area contributed by atoms with E-state index in [0.717, 1.165) is 0 Å². The Hall–Kier alpha value is -1.82. The van der Waals surface area contributed by atoms with E-state index < -0.39 is 5.97 Å². The van der Waals surface area contributed by atoms with Crippen LogP contribution in [0, 0.1) is 0 Å². The first-order chi connectivity index (χ1) is 8.51. The minimum absolute atomic E-state index is 0.0895. The van der Waals surface area contributed by atoms with Gasteiger partial charge in [0, 0.05) is 19.9 Å². The zero-order valence-electron chi connectivity index (χ0n) is 10.9. The van der Waals surface area contributed by atoms with Crippen LogP contribution >= 0.6 is 0 Å². The van der Waals surface area contributed by atoms with Crippen LogP contribution in [0.4, 0.5) is 11.5 Å². The molecule has 0 radical (unpaired) electrons. The van der Waals surface area contributed by atoms with Crippen LogP contribution in [0.15, 0.2) is 12.3 Å². The largest absolute Gasteiger partial charge is 0.478 e. The molecule has 1 aromatic rings. The summed E-state index contributed by atoms with van der Waals surface area (Å²) in [5, 5.41) is 8.86. The zero-order valence-corrected chi connectivity index (χ0v) is 10.9. The van der Waals surface area contributed by atoms with Crippen molar-refractivity contribution in [2.24, 2.45) is 0 Å². The number of nitrogen functional groups attached to an aromatic ring is 1. The summed E-state index contributed by atoms with van der Waals surface area (Å²) in [4.78, 5) is 16.9. The monoisotopic (exact) mass is 253 g/mol. The first-order valence-electron chi connectivity index (χ1n) is 5.75. The number of aromatic nitrogens is 1. The Kier molecular flexibility index (Phi) is 4.91. The number of hydrogen-bond acceptors (Lipinski definition) is 5. The Morgan fingerprint density at radius 3 is 2.78 bits per heavy atom. The summed E-state index contributed by atoms with van der Waals surface area (Å²) in [6.45, 7) is 5.25. The van der Waals surface area contributed by atoms with Gasteiger partial charge in [-0.2, -0.15) is 0 Å². The van der Waals surface area contributed by atoms with Crippen molar-refractivity contribution in [1.29, 1.82) is 0 Å². The van der Waals surface area contributed by atoms with Crippen molar-refractivity contribution in [3.63, 3.8) is 0 Å². The van der Waals surface area contributed by atoms with Crippen molar-refractivity contribution in [3.8, 4) is 0 Å². The summed E-state index contributed by atoms with van der Waals surface area (Å²) in [7, 11) is 1.63. The Morgan fingerprint density at radius 1 is 1.67 bits per heavy atom. The fraction of sp³-hybridized carbons (Fsp3) is 0.500. The molecule has 0 aliphatic rings. The number of likely N-dealkylation sites (N-methyl/N-ethyl adjacent to an activating group) is 1. The van der Waals surface area contributed by atoms with Crippen LogP contribution in [0.5, 0.6) is 0 Å². The molecule has 0 bridgehead atoms. The van der Waals surface area contributed by atoms with E-state index in [1.165, 1.54) is 12.3 Å². The molecule has 1 atom stereocenters. The maximum Gasteiger partial charge on any atom is 0.337 e. The predicted octanol–water partition coefficient (Wildman–Crippen LogP) is 1.22. The van der Waals surface area contributed by atoms with Crippen molar-refractivity contribution in [2.45, 2.75) is 19.9 Å². The predicted molar refractivity (Wildman–Crippen MR) is 70.0 cm³/mol. The fourth-order valence-corrected chi connectivity index (χ4v) is 1.83. The van der Waals surface area contributed by atoms with Crippen LogP contribution in [0.3, 0.4) is 0 Å². The standard InChI is InChI=1S/C12H19N3O3/c1-4-15(8(2)7-18-3)11-10(13)5-9(6-14-11)12(16)17/h5-6,8H,4,7,13H2,1-3H3,(H,16,17). The second kappa shape index (κ2) is 6.20. The van der Waals surface area contributed by atoms with Gasteiger partial charge in [0.05, 0.1) is 23.9 Å². The van der Waals surface area contributed by atoms with E-state index in [1.807, 2.05) is 18.7 Å². The SMILES string of the molecule is CCN(c1ncc(C(=O)O)cc1N)C(C)COC. The van der Waals surface area contributed by atoms with Gasteiger partial charge < -0.3 is 20.5 Å². The average molecular weight is 253 g/mol. The minimum Gasteiger partial charge on any atom is -0.478 e. The van der Waals surface area contributed by atoms with Crippen LogP contribution in [0.2, 0.25) is 0 Å². The highest BCUT2D eigenvalue weighted by atomic mass is 16.5. The number of nitrogens with zero attached hydrogens (tertiary/aromatic N) is 2. The first-order valence-corrected chi connectivity index (χ1v) is 5.75. The molecule has 0 spiro atoms. The highest BCUT2D eigenvalue weighted by molar-refractivity contribution is 5.89. The van der Waals surface area contributed by atoms with Crippen LogP contribution in [-0.2, 0) is 4.74 Å². The summed E-state index contributed by atoms with van der Waals surface area (Å²) in [6, 6.07) is 1.54. The number of rotatable bonds is 6. The number of ether oxygens (including phenoxy) is 1. The number of carbonyl (C=O) groups is 1. The maximum absolute atomic E-state index is 10.8. The fourth-order valence-electron chi connectivity index (χ4n) is 1.83. The molecule has 6 nitrogen and oxygen atoms in total. The van der Waals surface area contributed by atoms with E-state index in [1.54, 1.807) is 7.11 Å². The van der Waals surface area contributed by atoms with Crippen LogP contribution in [0.1, 0.15) is 24.2 Å². The summed E-state index contributed by atoms with van der Waals surface area (Å²) >= 11 is 0. The lowest BCUT2D eigenvalue weighted by Gasteiger charge is -2.29. The second-order valence-electron chi connectivity index (χ2n) is 4.03. The van der Waals surface area contributed by atoms with Crippen molar-refractivity contribution >= 4 is 17.5 Å². The molecule has 0 aromatic carbocycles. The highest BCUT2D eigenvalue weighted by Crippen LogP contribution is 2.23. The quantitative estimate of drug-likeness (QED) is 0.792. The van der Waals surface area contributed by atoms with Gasteiger partial charge >= 0.3 is 5.97 Å². The third-order valence-corrected chi connectivity index (χ3v) is 2.69. The van der Waals surface area contributed by atoms with Gasteiger partial charge in [0.15, 0.2) is 5.82 Å². The van der Waals surface area contributed by atoms with Crippen LogP contribution in [0.25, 0.3) is 0 Å². The number of pyridine rings is 1. The number of nitrogens with two attached hydrogens (primary N) is 1. The lowest BCUT2D eigenvalue weighted by Crippen LogP contribution is -2.37. The Morgan fingerprint density at radius 2 is 2.33 bits per heavy atom. The summed E-state index contributed by atoms with van der Waals surface area (Å²) in [6.07, 6.45) is 1.32. The van der Waals surface area contributed by atoms with E-state index >= 15 is 0 Å². The molecule has 1 aromatic heterocycles. The van der Waals surface area contributed by atoms with Crippen molar-refractivity contribution < 1.29 is 14.6 Å². The van der Waals surface area contributed by atoms with Gasteiger partial charge in [-0.05, 0) is 19.9 Å². The molecule has 1 heterocycles. The molecular formula is C12H19N3O3. The molecule has 18 heavy (non-hydrogen) atoms. The van der Waals surface area contributed by atoms with E-state index in [4.69, 9.17) is 15.6 Å². The third kappa shape index (κ3) is 3.10. The third-order valence-electron chi connectivity index (χ3n) is 2.69. The molecule has 0 saturated heterocycles. The molecule has 3 N–H and O–H groups in total. The molecule has 6 heteroatoms. The molecule has 0 aliphatic carbocycles. The molecule has 1 rings (SSSR count). The Labute approximate surface area is 106 Å². The van der Waals surface area contributed by atoms with E-state index in [-0.39, 0.29) is 11.6 Å². The van der Waals surface area contributed by atoms with Crippen molar-refractivity contribution in [2.75, 3.05) is 30.9 Å².